The molecule has 48 heavy (non-hydrogen) atoms. The molecule has 0 unspecified atom stereocenters. The zero-order chi connectivity index (χ0) is 31.8. The van der Waals surface area contributed by atoms with Crippen molar-refractivity contribution in [2.75, 3.05) is 4.90 Å². The van der Waals surface area contributed by atoms with Gasteiger partial charge in [0.25, 0.3) is 0 Å². The Morgan fingerprint density at radius 2 is 1.15 bits per heavy atom. The molecule has 2 aromatic heterocycles. The minimum absolute atomic E-state index is 0.877. The van der Waals surface area contributed by atoms with E-state index in [0.29, 0.717) is 0 Å². The van der Waals surface area contributed by atoms with Gasteiger partial charge in [-0.1, -0.05) is 127 Å². The lowest BCUT2D eigenvalue weighted by molar-refractivity contribution is 0.670. The number of thiophene rings is 1. The maximum Gasteiger partial charge on any atom is 0.159 e. The van der Waals surface area contributed by atoms with Crippen molar-refractivity contribution in [3.05, 3.63) is 163 Å². The number of rotatable bonds is 4. The van der Waals surface area contributed by atoms with Crippen molar-refractivity contribution in [2.24, 2.45) is 0 Å². The Morgan fingerprint density at radius 3 is 1.96 bits per heavy atom. The largest absolute Gasteiger partial charge is 0.453 e. The first-order chi connectivity index (χ1) is 23.7. The van der Waals surface area contributed by atoms with Crippen molar-refractivity contribution >= 4 is 92.1 Å². The van der Waals surface area contributed by atoms with Crippen LogP contribution in [0.5, 0.6) is 0 Å². The lowest BCUT2D eigenvalue weighted by Gasteiger charge is -2.27. The average molecular weight is 632 g/mol. The van der Waals surface area contributed by atoms with Crippen molar-refractivity contribution in [2.45, 2.75) is 6.92 Å². The van der Waals surface area contributed by atoms with Crippen molar-refractivity contribution in [1.82, 2.24) is 0 Å². The van der Waals surface area contributed by atoms with Gasteiger partial charge in [0.1, 0.15) is 5.58 Å². The predicted molar refractivity (Wildman–Crippen MR) is 206 cm³/mol. The van der Waals surface area contributed by atoms with Crippen LogP contribution < -0.4 is 4.90 Å². The summed E-state index contributed by atoms with van der Waals surface area (Å²) in [4.78, 5) is 2.40. The third-order valence-electron chi connectivity index (χ3n) is 9.69. The standard InChI is InChI=1S/C45H29NOS/c1-28-21-23-32(24-22-28)46(40-20-10-19-36-35-18-9-17-33(43(35)47-44(36)40)29-11-3-2-4-12-29)41-27-39-38-25-30-13-5-6-14-31(30)26-42(38)48-45(39)37-16-8-7-15-34(37)41/h2-27H,1H3. The first kappa shape index (κ1) is 27.2. The molecule has 0 aliphatic heterocycles. The molecule has 0 radical (unpaired) electrons. The Labute approximate surface area is 281 Å². The first-order valence-electron chi connectivity index (χ1n) is 16.3. The van der Waals surface area contributed by atoms with E-state index in [-0.39, 0.29) is 0 Å². The maximum absolute atomic E-state index is 6.98. The fourth-order valence-corrected chi connectivity index (χ4v) is 8.63. The molecular formula is C45H29NOS. The fraction of sp³-hybridized carbons (Fsp3) is 0.0222. The monoisotopic (exact) mass is 631 g/mol. The number of nitrogens with zero attached hydrogens (tertiary/aromatic N) is 1. The molecule has 226 valence electrons. The van der Waals surface area contributed by atoms with Crippen LogP contribution in [-0.2, 0) is 0 Å². The van der Waals surface area contributed by atoms with Gasteiger partial charge in [0, 0.05) is 53.0 Å². The Bertz CT molecular complexity index is 2840. The molecule has 3 heteroatoms. The average Bonchev–Trinajstić information content (AvgIpc) is 3.70. The SMILES string of the molecule is Cc1ccc(N(c2cc3c4cc5ccccc5cc4sc3c3ccccc23)c2cccc3c2oc2c(-c4ccccc4)cccc23)cc1. The van der Waals surface area contributed by atoms with Crippen LogP contribution in [0.4, 0.5) is 17.1 Å². The molecule has 2 heterocycles. The third-order valence-corrected chi connectivity index (χ3v) is 10.9. The van der Waals surface area contributed by atoms with Gasteiger partial charge < -0.3 is 9.32 Å². The van der Waals surface area contributed by atoms with E-state index in [2.05, 4.69) is 170 Å². The van der Waals surface area contributed by atoms with Crippen LogP contribution in [-0.4, -0.2) is 0 Å². The van der Waals surface area contributed by atoms with Crippen LogP contribution in [0.3, 0.4) is 0 Å². The van der Waals surface area contributed by atoms with Gasteiger partial charge in [0.05, 0.1) is 11.4 Å². The van der Waals surface area contributed by atoms with E-state index in [0.717, 1.165) is 50.1 Å². The molecule has 0 saturated heterocycles. The summed E-state index contributed by atoms with van der Waals surface area (Å²) < 4.78 is 9.60. The first-order valence-corrected chi connectivity index (χ1v) is 17.2. The molecule has 8 aromatic carbocycles. The predicted octanol–water partition coefficient (Wildman–Crippen LogP) is 13.7. The molecule has 0 amide bonds. The van der Waals surface area contributed by atoms with E-state index in [1.54, 1.807) is 0 Å². The Balaban J connectivity index is 1.31. The van der Waals surface area contributed by atoms with E-state index in [9.17, 15) is 0 Å². The number of hydrogen-bond donors (Lipinski definition) is 0. The number of aryl methyl sites for hydroxylation is 1. The van der Waals surface area contributed by atoms with Crippen LogP contribution in [0.25, 0.3) is 74.8 Å². The summed E-state index contributed by atoms with van der Waals surface area (Å²) in [6.45, 7) is 2.14. The molecule has 0 saturated carbocycles. The van der Waals surface area contributed by atoms with Gasteiger partial charge in [-0.2, -0.15) is 0 Å². The van der Waals surface area contributed by atoms with Crippen LogP contribution in [0.15, 0.2) is 162 Å². The summed E-state index contributed by atoms with van der Waals surface area (Å²) in [6.07, 6.45) is 0. The van der Waals surface area contributed by atoms with Crippen molar-refractivity contribution in [3.8, 4) is 11.1 Å². The zero-order valence-corrected chi connectivity index (χ0v) is 27.1. The van der Waals surface area contributed by atoms with E-state index < -0.39 is 0 Å². The molecule has 0 fully saturated rings. The molecular weight excluding hydrogens is 603 g/mol. The molecule has 0 spiro atoms. The number of benzene rings is 8. The number of hydrogen-bond acceptors (Lipinski definition) is 3. The second kappa shape index (κ2) is 10.6. The van der Waals surface area contributed by atoms with E-state index >= 15 is 0 Å². The lowest BCUT2D eigenvalue weighted by atomic mass is 10.0. The minimum Gasteiger partial charge on any atom is -0.453 e. The summed E-state index contributed by atoms with van der Waals surface area (Å²) in [5.74, 6) is 0. The molecule has 0 N–H and O–H groups in total. The smallest absolute Gasteiger partial charge is 0.159 e. The Morgan fingerprint density at radius 1 is 0.479 bits per heavy atom. The van der Waals surface area contributed by atoms with E-state index in [1.165, 1.54) is 47.3 Å². The number of furan rings is 1. The topological polar surface area (TPSA) is 16.4 Å². The highest BCUT2D eigenvalue weighted by atomic mass is 32.1. The summed E-state index contributed by atoms with van der Waals surface area (Å²) in [5.41, 5.74) is 8.49. The van der Waals surface area contributed by atoms with Crippen LogP contribution in [0.1, 0.15) is 5.56 Å². The van der Waals surface area contributed by atoms with Gasteiger partial charge >= 0.3 is 0 Å². The van der Waals surface area contributed by atoms with Crippen molar-refractivity contribution < 1.29 is 4.42 Å². The van der Waals surface area contributed by atoms with Crippen molar-refractivity contribution in [3.63, 3.8) is 0 Å². The van der Waals surface area contributed by atoms with Crippen molar-refractivity contribution in [1.29, 1.82) is 0 Å². The van der Waals surface area contributed by atoms with Crippen LogP contribution in [0.2, 0.25) is 0 Å². The normalized spacial score (nSPS) is 11.9. The summed E-state index contributed by atoms with van der Waals surface area (Å²) >= 11 is 1.89. The molecule has 10 aromatic rings. The summed E-state index contributed by atoms with van der Waals surface area (Å²) in [5, 5.41) is 9.79. The third kappa shape index (κ3) is 4.11. The molecule has 0 aliphatic carbocycles. The van der Waals surface area contributed by atoms with E-state index in [4.69, 9.17) is 4.42 Å². The number of para-hydroxylation sites is 2. The van der Waals surface area contributed by atoms with Gasteiger partial charge in [-0.25, -0.2) is 0 Å². The molecule has 0 atom stereocenters. The van der Waals surface area contributed by atoms with Crippen LogP contribution >= 0.6 is 11.3 Å². The van der Waals surface area contributed by atoms with Gasteiger partial charge in [-0.05, 0) is 59.7 Å². The second-order valence-corrected chi connectivity index (χ2v) is 13.6. The lowest BCUT2D eigenvalue weighted by Crippen LogP contribution is -2.11. The van der Waals surface area contributed by atoms with Crippen LogP contribution in [0, 0.1) is 6.92 Å². The fourth-order valence-electron chi connectivity index (χ4n) is 7.38. The van der Waals surface area contributed by atoms with Gasteiger partial charge in [0.15, 0.2) is 5.58 Å². The van der Waals surface area contributed by atoms with E-state index in [1.807, 2.05) is 11.3 Å². The zero-order valence-electron chi connectivity index (χ0n) is 26.3. The highest BCUT2D eigenvalue weighted by molar-refractivity contribution is 7.26. The minimum atomic E-state index is 0.877. The number of fused-ring (bicyclic) bond motifs is 9. The Kier molecular flexibility index (Phi) is 5.99. The van der Waals surface area contributed by atoms with Gasteiger partial charge in [0.2, 0.25) is 0 Å². The molecule has 0 aliphatic rings. The highest BCUT2D eigenvalue weighted by Gasteiger charge is 2.23. The van der Waals surface area contributed by atoms with Gasteiger partial charge in [-0.3, -0.25) is 0 Å². The Hall–Kier alpha value is -5.90. The molecule has 10 rings (SSSR count). The summed E-state index contributed by atoms with van der Waals surface area (Å²) in [7, 11) is 0. The molecule has 0 bridgehead atoms. The highest BCUT2D eigenvalue weighted by Crippen LogP contribution is 2.49. The molecule has 2 nitrogen and oxygen atoms in total. The second-order valence-electron chi connectivity index (χ2n) is 12.6. The van der Waals surface area contributed by atoms with Gasteiger partial charge in [-0.15, -0.1) is 11.3 Å². The number of anilines is 3. The quantitative estimate of drug-likeness (QED) is 0.192. The summed E-state index contributed by atoms with van der Waals surface area (Å²) in [6, 6.07) is 57.0. The maximum atomic E-state index is 6.98.